The Bertz CT molecular complexity index is 923. The molecule has 3 aromatic rings. The summed E-state index contributed by atoms with van der Waals surface area (Å²) in [5.41, 5.74) is 2.31. The molecule has 1 saturated heterocycles. The molecule has 2 heterocycles. The van der Waals surface area contributed by atoms with Gasteiger partial charge < -0.3 is 15.1 Å². The summed E-state index contributed by atoms with van der Waals surface area (Å²) in [5.74, 6) is -0.0159. The third-order valence-electron chi connectivity index (χ3n) is 4.69. The zero-order valence-corrected chi connectivity index (χ0v) is 15.3. The molecule has 142 valence electrons. The van der Waals surface area contributed by atoms with E-state index in [0.29, 0.717) is 30.3 Å². The van der Waals surface area contributed by atoms with E-state index in [1.165, 1.54) is 30.2 Å². The Hall–Kier alpha value is -3.48. The number of halogens is 1. The normalized spacial score (nSPS) is 14.0. The third-order valence-corrected chi connectivity index (χ3v) is 4.69. The number of amides is 1. The van der Waals surface area contributed by atoms with Crippen LogP contribution in [0.1, 0.15) is 10.4 Å². The maximum absolute atomic E-state index is 13.0. The number of hydrogen-bond acceptors (Lipinski definition) is 5. The fourth-order valence-electron chi connectivity index (χ4n) is 3.15. The molecule has 0 unspecified atom stereocenters. The van der Waals surface area contributed by atoms with Crippen LogP contribution < -0.4 is 10.2 Å². The van der Waals surface area contributed by atoms with E-state index in [9.17, 15) is 9.18 Å². The molecular weight excluding hydrogens is 357 g/mol. The summed E-state index contributed by atoms with van der Waals surface area (Å²) in [4.78, 5) is 25.2. The summed E-state index contributed by atoms with van der Waals surface area (Å²) in [6, 6.07) is 16.1. The monoisotopic (exact) mass is 377 g/mol. The SMILES string of the molecule is O=C(c1cnc(Nc2ccc(F)cc2)nc1)N1CCN(c2ccccc2)CC1. The van der Waals surface area contributed by atoms with E-state index in [2.05, 4.69) is 32.3 Å². The third kappa shape index (κ3) is 4.09. The molecule has 1 amide bonds. The number of nitrogens with zero attached hydrogens (tertiary/aromatic N) is 4. The predicted octanol–water partition coefficient (Wildman–Crippen LogP) is 3.32. The van der Waals surface area contributed by atoms with Gasteiger partial charge in [0.15, 0.2) is 0 Å². The van der Waals surface area contributed by atoms with Gasteiger partial charge in [-0.05, 0) is 36.4 Å². The molecular formula is C21H20FN5O. The predicted molar refractivity (Wildman–Crippen MR) is 106 cm³/mol. The first-order chi connectivity index (χ1) is 13.7. The smallest absolute Gasteiger partial charge is 0.257 e. The topological polar surface area (TPSA) is 61.4 Å². The van der Waals surface area contributed by atoms with Crippen LogP contribution in [0.2, 0.25) is 0 Å². The molecule has 1 aromatic heterocycles. The van der Waals surface area contributed by atoms with Gasteiger partial charge in [-0.3, -0.25) is 4.79 Å². The Kier molecular flexibility index (Phi) is 5.14. The van der Waals surface area contributed by atoms with Gasteiger partial charge >= 0.3 is 0 Å². The molecule has 0 radical (unpaired) electrons. The van der Waals surface area contributed by atoms with Crippen LogP contribution >= 0.6 is 0 Å². The Morgan fingerprint density at radius 3 is 2.18 bits per heavy atom. The fraction of sp³-hybridized carbons (Fsp3) is 0.190. The quantitative estimate of drug-likeness (QED) is 0.756. The van der Waals surface area contributed by atoms with Crippen LogP contribution in [0, 0.1) is 5.82 Å². The van der Waals surface area contributed by atoms with E-state index in [1.54, 1.807) is 12.1 Å². The minimum atomic E-state index is -0.306. The number of hydrogen-bond donors (Lipinski definition) is 1. The molecule has 1 fully saturated rings. The molecule has 1 N–H and O–H groups in total. The van der Waals surface area contributed by atoms with Crippen molar-refractivity contribution >= 4 is 23.2 Å². The van der Waals surface area contributed by atoms with E-state index >= 15 is 0 Å². The van der Waals surface area contributed by atoms with Gasteiger partial charge in [0.05, 0.1) is 5.56 Å². The van der Waals surface area contributed by atoms with Gasteiger partial charge in [-0.2, -0.15) is 0 Å². The molecule has 0 aliphatic carbocycles. The molecule has 6 nitrogen and oxygen atoms in total. The maximum atomic E-state index is 13.0. The Balaban J connectivity index is 1.35. The molecule has 7 heteroatoms. The van der Waals surface area contributed by atoms with Crippen molar-refractivity contribution < 1.29 is 9.18 Å². The van der Waals surface area contributed by atoms with E-state index in [1.807, 2.05) is 23.1 Å². The van der Waals surface area contributed by atoms with Crippen LogP contribution in [0.15, 0.2) is 67.0 Å². The first-order valence-electron chi connectivity index (χ1n) is 9.13. The lowest BCUT2D eigenvalue weighted by Gasteiger charge is -2.36. The summed E-state index contributed by atoms with van der Waals surface area (Å²) in [5, 5.41) is 2.98. The number of nitrogens with one attached hydrogen (secondary N) is 1. The second kappa shape index (κ2) is 8.04. The highest BCUT2D eigenvalue weighted by Gasteiger charge is 2.22. The second-order valence-corrected chi connectivity index (χ2v) is 6.54. The fourth-order valence-corrected chi connectivity index (χ4v) is 3.15. The van der Waals surface area contributed by atoms with E-state index in [4.69, 9.17) is 0 Å². The van der Waals surface area contributed by atoms with Crippen molar-refractivity contribution in [3.63, 3.8) is 0 Å². The van der Waals surface area contributed by atoms with E-state index < -0.39 is 0 Å². The molecule has 0 spiro atoms. The van der Waals surface area contributed by atoms with Crippen LogP contribution in [0.3, 0.4) is 0 Å². The van der Waals surface area contributed by atoms with Crippen molar-refractivity contribution in [1.29, 1.82) is 0 Å². The van der Waals surface area contributed by atoms with Crippen LogP contribution in [-0.4, -0.2) is 47.0 Å². The number of rotatable bonds is 4. The first-order valence-corrected chi connectivity index (χ1v) is 9.13. The van der Waals surface area contributed by atoms with Crippen LogP contribution in [0.5, 0.6) is 0 Å². The average Bonchev–Trinajstić information content (AvgIpc) is 2.76. The van der Waals surface area contributed by atoms with Gasteiger partial charge in [0, 0.05) is 49.9 Å². The highest BCUT2D eigenvalue weighted by atomic mass is 19.1. The number of anilines is 3. The van der Waals surface area contributed by atoms with Crippen molar-refractivity contribution in [2.75, 3.05) is 36.4 Å². The first kappa shape index (κ1) is 17.9. The van der Waals surface area contributed by atoms with E-state index in [-0.39, 0.29) is 11.7 Å². The van der Waals surface area contributed by atoms with Gasteiger partial charge in [-0.25, -0.2) is 14.4 Å². The molecule has 0 saturated carbocycles. The van der Waals surface area contributed by atoms with Crippen molar-refractivity contribution in [3.8, 4) is 0 Å². The van der Waals surface area contributed by atoms with Gasteiger partial charge in [-0.1, -0.05) is 18.2 Å². The molecule has 1 aliphatic heterocycles. The number of carbonyl (C=O) groups is 1. The highest BCUT2D eigenvalue weighted by Crippen LogP contribution is 2.17. The minimum absolute atomic E-state index is 0.0685. The number of aromatic nitrogens is 2. The van der Waals surface area contributed by atoms with Crippen LogP contribution in [0.25, 0.3) is 0 Å². The Labute approximate surface area is 162 Å². The van der Waals surface area contributed by atoms with Crippen molar-refractivity contribution in [1.82, 2.24) is 14.9 Å². The largest absolute Gasteiger partial charge is 0.368 e. The number of benzene rings is 2. The van der Waals surface area contributed by atoms with Crippen molar-refractivity contribution in [2.24, 2.45) is 0 Å². The van der Waals surface area contributed by atoms with E-state index in [0.717, 1.165) is 13.1 Å². The van der Waals surface area contributed by atoms with Crippen molar-refractivity contribution in [3.05, 3.63) is 78.4 Å². The molecule has 28 heavy (non-hydrogen) atoms. The second-order valence-electron chi connectivity index (χ2n) is 6.54. The Morgan fingerprint density at radius 1 is 0.893 bits per heavy atom. The molecule has 1 aliphatic rings. The number of para-hydroxylation sites is 1. The summed E-state index contributed by atoms with van der Waals surface area (Å²) in [6.45, 7) is 2.90. The number of piperazine rings is 1. The molecule has 0 atom stereocenters. The highest BCUT2D eigenvalue weighted by molar-refractivity contribution is 5.93. The van der Waals surface area contributed by atoms with Gasteiger partial charge in [0.1, 0.15) is 5.82 Å². The van der Waals surface area contributed by atoms with Crippen molar-refractivity contribution in [2.45, 2.75) is 0 Å². The van der Waals surface area contributed by atoms with Gasteiger partial charge in [0.25, 0.3) is 5.91 Å². The molecule has 2 aromatic carbocycles. The average molecular weight is 377 g/mol. The number of carbonyl (C=O) groups excluding carboxylic acids is 1. The van der Waals surface area contributed by atoms with Crippen LogP contribution in [-0.2, 0) is 0 Å². The molecule has 0 bridgehead atoms. The lowest BCUT2D eigenvalue weighted by Crippen LogP contribution is -2.48. The van der Waals surface area contributed by atoms with Gasteiger partial charge in [0.2, 0.25) is 5.95 Å². The van der Waals surface area contributed by atoms with Crippen LogP contribution in [0.4, 0.5) is 21.7 Å². The molecule has 4 rings (SSSR count). The van der Waals surface area contributed by atoms with Gasteiger partial charge in [-0.15, -0.1) is 0 Å². The summed E-state index contributed by atoms with van der Waals surface area (Å²) < 4.78 is 13.0. The maximum Gasteiger partial charge on any atom is 0.257 e. The Morgan fingerprint density at radius 2 is 1.54 bits per heavy atom. The summed E-state index contributed by atoms with van der Waals surface area (Å²) in [6.07, 6.45) is 3.04. The standard InChI is InChI=1S/C21H20FN5O/c22-17-6-8-18(9-7-17)25-21-23-14-16(15-24-21)20(28)27-12-10-26(11-13-27)19-4-2-1-3-5-19/h1-9,14-15H,10-13H2,(H,23,24,25). The lowest BCUT2D eigenvalue weighted by atomic mass is 10.2. The zero-order valence-electron chi connectivity index (χ0n) is 15.3. The minimum Gasteiger partial charge on any atom is -0.368 e. The lowest BCUT2D eigenvalue weighted by molar-refractivity contribution is 0.0746. The zero-order chi connectivity index (χ0) is 19.3. The summed E-state index contributed by atoms with van der Waals surface area (Å²) in [7, 11) is 0. The summed E-state index contributed by atoms with van der Waals surface area (Å²) >= 11 is 0.